The Morgan fingerprint density at radius 2 is 2.24 bits per heavy atom. The fourth-order valence-corrected chi connectivity index (χ4v) is 3.01. The van der Waals surface area contributed by atoms with Gasteiger partial charge in [-0.1, -0.05) is 15.9 Å². The van der Waals surface area contributed by atoms with Crippen molar-refractivity contribution in [3.8, 4) is 0 Å². The maximum absolute atomic E-state index is 11.8. The van der Waals surface area contributed by atoms with Crippen molar-refractivity contribution in [2.24, 2.45) is 0 Å². The van der Waals surface area contributed by atoms with Gasteiger partial charge in [0, 0.05) is 23.5 Å². The van der Waals surface area contributed by atoms with Gasteiger partial charge in [0.05, 0.1) is 26.0 Å². The topological polar surface area (TPSA) is 65.1 Å². The summed E-state index contributed by atoms with van der Waals surface area (Å²) in [5.74, 6) is 0.441. The lowest BCUT2D eigenvalue weighted by Gasteiger charge is -2.32. The fourth-order valence-electron chi connectivity index (χ4n) is 2.62. The molecule has 0 aromatic heterocycles. The first kappa shape index (κ1) is 19.6. The second kappa shape index (κ2) is 10.3. The number of carbonyl (C=O) groups excluding carboxylic acids is 2. The number of nitrogens with zero attached hydrogens (tertiary/aromatic N) is 1. The third kappa shape index (κ3) is 6.23. The number of allylic oxidation sites excluding steroid dienone is 2. The molecule has 1 aliphatic heterocycles. The molecule has 0 amide bonds. The minimum atomic E-state index is -0.320. The van der Waals surface area contributed by atoms with Crippen LogP contribution in [0.15, 0.2) is 35.9 Å². The Morgan fingerprint density at radius 1 is 1.40 bits per heavy atom. The molecule has 1 atom stereocenters. The van der Waals surface area contributed by atoms with Crippen LogP contribution in [0.25, 0.3) is 0 Å². The van der Waals surface area contributed by atoms with Crippen LogP contribution in [0.5, 0.6) is 0 Å². The summed E-state index contributed by atoms with van der Waals surface area (Å²) >= 11 is 3.40. The number of alkyl halides is 1. The van der Waals surface area contributed by atoms with E-state index in [1.54, 1.807) is 31.5 Å². The minimum Gasteiger partial charge on any atom is -0.493 e. The Kier molecular flexibility index (Phi) is 8.04. The van der Waals surface area contributed by atoms with Crippen LogP contribution in [0.3, 0.4) is 0 Å². The van der Waals surface area contributed by atoms with Crippen LogP contribution in [0, 0.1) is 0 Å². The highest BCUT2D eigenvalue weighted by atomic mass is 79.9. The lowest BCUT2D eigenvalue weighted by Crippen LogP contribution is -2.38. The standard InChI is InChI=1S/C18H24BrNO5/c1-2-23-18(22)13-20-8-10-25-17(12-20)15-11-14(21)5-6-16(15)24-9-4-3-7-19/h5-6,8,10,17H,2-4,7,9,11-13H2,1H3. The van der Waals surface area contributed by atoms with E-state index in [0.717, 1.165) is 23.7 Å². The number of ether oxygens (including phenoxy) is 3. The SMILES string of the molecule is CCOC(=O)CN1C=COC(C2=C(OCCCCBr)C=CC(=O)C2)C1. The van der Waals surface area contributed by atoms with E-state index >= 15 is 0 Å². The Morgan fingerprint density at radius 3 is 3.00 bits per heavy atom. The molecule has 0 saturated carbocycles. The van der Waals surface area contributed by atoms with Crippen LogP contribution in [-0.2, 0) is 23.8 Å². The zero-order valence-corrected chi connectivity index (χ0v) is 16.0. The lowest BCUT2D eigenvalue weighted by molar-refractivity contribution is -0.144. The normalized spacial score (nSPS) is 19.8. The minimum absolute atomic E-state index is 0.0258. The first-order valence-electron chi connectivity index (χ1n) is 8.48. The van der Waals surface area contributed by atoms with Crippen LogP contribution in [-0.4, -0.2) is 54.4 Å². The molecule has 1 aliphatic carbocycles. The molecule has 0 bridgehead atoms. The van der Waals surface area contributed by atoms with E-state index in [2.05, 4.69) is 15.9 Å². The summed E-state index contributed by atoms with van der Waals surface area (Å²) in [5, 5.41) is 0.940. The molecule has 6 nitrogen and oxygen atoms in total. The highest BCUT2D eigenvalue weighted by Gasteiger charge is 2.28. The predicted molar refractivity (Wildman–Crippen MR) is 97.0 cm³/mol. The number of hydrogen-bond acceptors (Lipinski definition) is 6. The van der Waals surface area contributed by atoms with Crippen molar-refractivity contribution in [1.82, 2.24) is 4.90 Å². The molecule has 2 aliphatic rings. The number of unbranched alkanes of at least 4 members (excludes halogenated alkanes) is 1. The van der Waals surface area contributed by atoms with Crippen molar-refractivity contribution in [2.75, 3.05) is 31.6 Å². The Bertz CT molecular complexity index is 570. The van der Waals surface area contributed by atoms with Gasteiger partial charge >= 0.3 is 5.97 Å². The number of rotatable bonds is 9. The summed E-state index contributed by atoms with van der Waals surface area (Å²) in [6.45, 7) is 3.35. The summed E-state index contributed by atoms with van der Waals surface area (Å²) in [4.78, 5) is 25.3. The van der Waals surface area contributed by atoms with Gasteiger partial charge in [0.1, 0.15) is 18.4 Å². The van der Waals surface area contributed by atoms with Gasteiger partial charge in [0.2, 0.25) is 0 Å². The number of halogens is 1. The maximum atomic E-state index is 11.8. The summed E-state index contributed by atoms with van der Waals surface area (Å²) in [6.07, 6.45) is 8.43. The highest BCUT2D eigenvalue weighted by Crippen LogP contribution is 2.26. The smallest absolute Gasteiger partial charge is 0.325 e. The Hall–Kier alpha value is -1.76. The molecule has 2 rings (SSSR count). The second-order valence-corrected chi connectivity index (χ2v) is 6.55. The quantitative estimate of drug-likeness (QED) is 0.329. The van der Waals surface area contributed by atoms with Gasteiger partial charge in [-0.3, -0.25) is 9.59 Å². The summed E-state index contributed by atoms with van der Waals surface area (Å²) in [5.41, 5.74) is 0.824. The van der Waals surface area contributed by atoms with Gasteiger partial charge in [-0.2, -0.15) is 0 Å². The molecule has 0 saturated heterocycles. The number of esters is 1. The van der Waals surface area contributed by atoms with Gasteiger partial charge in [-0.15, -0.1) is 0 Å². The lowest BCUT2D eigenvalue weighted by atomic mass is 9.96. The van der Waals surface area contributed by atoms with E-state index in [1.165, 1.54) is 0 Å². The third-order valence-electron chi connectivity index (χ3n) is 3.83. The van der Waals surface area contributed by atoms with Crippen molar-refractivity contribution in [3.05, 3.63) is 35.9 Å². The van der Waals surface area contributed by atoms with E-state index in [1.807, 2.05) is 4.90 Å². The van der Waals surface area contributed by atoms with Crippen molar-refractivity contribution >= 4 is 27.7 Å². The molecule has 0 aromatic carbocycles. The molecule has 0 spiro atoms. The zero-order valence-electron chi connectivity index (χ0n) is 14.4. The summed E-state index contributed by atoms with van der Waals surface area (Å²) in [6, 6.07) is 0. The van der Waals surface area contributed by atoms with Crippen molar-refractivity contribution in [1.29, 1.82) is 0 Å². The summed E-state index contributed by atoms with van der Waals surface area (Å²) < 4.78 is 16.5. The first-order valence-corrected chi connectivity index (χ1v) is 9.60. The molecule has 25 heavy (non-hydrogen) atoms. The number of ketones is 1. The average molecular weight is 414 g/mol. The molecule has 1 unspecified atom stereocenters. The average Bonchev–Trinajstić information content (AvgIpc) is 2.60. The largest absolute Gasteiger partial charge is 0.493 e. The first-order chi connectivity index (χ1) is 12.1. The van der Waals surface area contributed by atoms with Gasteiger partial charge in [-0.05, 0) is 31.9 Å². The van der Waals surface area contributed by atoms with Crippen LogP contribution in [0.1, 0.15) is 26.2 Å². The third-order valence-corrected chi connectivity index (χ3v) is 4.39. The van der Waals surface area contributed by atoms with Crippen LogP contribution in [0.2, 0.25) is 0 Å². The van der Waals surface area contributed by atoms with E-state index in [0.29, 0.717) is 25.5 Å². The molecular weight excluding hydrogens is 390 g/mol. The van der Waals surface area contributed by atoms with Crippen LogP contribution in [0.4, 0.5) is 0 Å². The van der Waals surface area contributed by atoms with Crippen LogP contribution < -0.4 is 0 Å². The highest BCUT2D eigenvalue weighted by molar-refractivity contribution is 9.09. The van der Waals surface area contributed by atoms with Crippen molar-refractivity contribution in [3.63, 3.8) is 0 Å². The molecule has 0 aromatic rings. The van der Waals surface area contributed by atoms with Crippen LogP contribution >= 0.6 is 15.9 Å². The van der Waals surface area contributed by atoms with Crippen molar-refractivity contribution in [2.45, 2.75) is 32.3 Å². The molecule has 1 heterocycles. The monoisotopic (exact) mass is 413 g/mol. The van der Waals surface area contributed by atoms with E-state index in [4.69, 9.17) is 14.2 Å². The summed E-state index contributed by atoms with van der Waals surface area (Å²) in [7, 11) is 0. The number of carbonyl (C=O) groups is 2. The molecule has 7 heteroatoms. The molecule has 0 fully saturated rings. The Balaban J connectivity index is 2.02. The molecule has 0 N–H and O–H groups in total. The van der Waals surface area contributed by atoms with Crippen molar-refractivity contribution < 1.29 is 23.8 Å². The fraction of sp³-hybridized carbons (Fsp3) is 0.556. The maximum Gasteiger partial charge on any atom is 0.325 e. The second-order valence-electron chi connectivity index (χ2n) is 5.75. The molecule has 138 valence electrons. The van der Waals surface area contributed by atoms with Gasteiger partial charge in [-0.25, -0.2) is 0 Å². The molecular formula is C18H24BrNO5. The molecule has 0 radical (unpaired) electrons. The van der Waals surface area contributed by atoms with E-state index < -0.39 is 0 Å². The van der Waals surface area contributed by atoms with Gasteiger partial charge in [0.15, 0.2) is 5.78 Å². The van der Waals surface area contributed by atoms with E-state index in [-0.39, 0.29) is 30.8 Å². The van der Waals surface area contributed by atoms with Gasteiger partial charge in [0.25, 0.3) is 0 Å². The predicted octanol–water partition coefficient (Wildman–Crippen LogP) is 2.70. The van der Waals surface area contributed by atoms with E-state index in [9.17, 15) is 9.59 Å². The zero-order chi connectivity index (χ0) is 18.1. The number of hydrogen-bond donors (Lipinski definition) is 0. The Labute approximate surface area is 156 Å². The van der Waals surface area contributed by atoms with Gasteiger partial charge < -0.3 is 19.1 Å².